The molecule has 0 aliphatic carbocycles. The van der Waals surface area contributed by atoms with Crippen molar-refractivity contribution in [2.24, 2.45) is 0 Å². The summed E-state index contributed by atoms with van der Waals surface area (Å²) in [6.45, 7) is 1.80. The van der Waals surface area contributed by atoms with E-state index >= 15 is 0 Å². The summed E-state index contributed by atoms with van der Waals surface area (Å²) in [5, 5.41) is 24.8. The number of nitro groups is 1. The van der Waals surface area contributed by atoms with Gasteiger partial charge in [-0.1, -0.05) is 6.07 Å². The van der Waals surface area contributed by atoms with Gasteiger partial charge in [-0.25, -0.2) is 0 Å². The summed E-state index contributed by atoms with van der Waals surface area (Å²) in [4.78, 5) is 23.4. The summed E-state index contributed by atoms with van der Waals surface area (Å²) in [5.74, 6) is -0.375. The van der Waals surface area contributed by atoms with Gasteiger partial charge >= 0.3 is 0 Å². The molecule has 0 saturated heterocycles. The Hall–Kier alpha value is -2.98. The van der Waals surface area contributed by atoms with Crippen molar-refractivity contribution in [1.29, 1.82) is 5.26 Å². The summed E-state index contributed by atoms with van der Waals surface area (Å²) in [7, 11) is 1.58. The minimum atomic E-state index is -0.513. The molecule has 1 aromatic carbocycles. The van der Waals surface area contributed by atoms with Crippen LogP contribution in [-0.2, 0) is 0 Å². The summed E-state index contributed by atoms with van der Waals surface area (Å²) >= 11 is 1.27. The number of thiophene rings is 1. The van der Waals surface area contributed by atoms with Gasteiger partial charge in [0.15, 0.2) is 0 Å². The van der Waals surface area contributed by atoms with Gasteiger partial charge in [-0.15, -0.1) is 11.3 Å². The van der Waals surface area contributed by atoms with Crippen LogP contribution in [0.15, 0.2) is 35.2 Å². The molecule has 1 heterocycles. The molecule has 0 radical (unpaired) electrons. The number of nitro benzene ring substituents is 1. The molecule has 2 aromatic rings. The molecule has 0 atom stereocenters. The van der Waals surface area contributed by atoms with Crippen molar-refractivity contribution < 1.29 is 9.72 Å². The third-order valence-electron chi connectivity index (χ3n) is 3.23. The zero-order valence-corrected chi connectivity index (χ0v) is 13.3. The molecule has 1 N–H and O–H groups in total. The summed E-state index contributed by atoms with van der Waals surface area (Å²) in [5.41, 5.74) is 1.43. The SMILES string of the molecule is CNc1ccc(C=C(C#N)C(=O)c2sccc2C)cc1[N+](=O)[O-]. The van der Waals surface area contributed by atoms with Gasteiger partial charge in [0.05, 0.1) is 9.80 Å². The highest BCUT2D eigenvalue weighted by atomic mass is 32.1. The largest absolute Gasteiger partial charge is 0.383 e. The maximum atomic E-state index is 12.4. The van der Waals surface area contributed by atoms with Gasteiger partial charge < -0.3 is 5.32 Å². The van der Waals surface area contributed by atoms with Crippen molar-refractivity contribution in [2.75, 3.05) is 12.4 Å². The van der Waals surface area contributed by atoms with Crippen LogP contribution in [0.5, 0.6) is 0 Å². The monoisotopic (exact) mass is 327 g/mol. The van der Waals surface area contributed by atoms with Crippen LogP contribution in [0.4, 0.5) is 11.4 Å². The highest BCUT2D eigenvalue weighted by Crippen LogP contribution is 2.27. The summed E-state index contributed by atoms with van der Waals surface area (Å²) in [6, 6.07) is 8.17. The fourth-order valence-electron chi connectivity index (χ4n) is 2.04. The van der Waals surface area contributed by atoms with Crippen molar-refractivity contribution >= 4 is 34.6 Å². The molecule has 0 amide bonds. The first-order valence-electron chi connectivity index (χ1n) is 6.64. The number of carbonyl (C=O) groups excluding carboxylic acids is 1. The molecular formula is C16H13N3O3S. The maximum Gasteiger partial charge on any atom is 0.292 e. The first-order chi connectivity index (χ1) is 11.0. The number of ketones is 1. The molecular weight excluding hydrogens is 314 g/mol. The smallest absolute Gasteiger partial charge is 0.292 e. The summed E-state index contributed by atoms with van der Waals surface area (Å²) < 4.78 is 0. The van der Waals surface area contributed by atoms with Gasteiger partial charge in [0, 0.05) is 13.1 Å². The molecule has 23 heavy (non-hydrogen) atoms. The molecule has 0 aliphatic heterocycles. The number of aryl methyl sites for hydroxylation is 1. The average molecular weight is 327 g/mol. The Bertz CT molecular complexity index is 846. The molecule has 0 unspecified atom stereocenters. The van der Waals surface area contributed by atoms with Crippen LogP contribution in [0.25, 0.3) is 6.08 Å². The van der Waals surface area contributed by atoms with Gasteiger partial charge in [0.25, 0.3) is 5.69 Å². The van der Waals surface area contributed by atoms with Crippen molar-refractivity contribution in [2.45, 2.75) is 6.92 Å². The highest BCUT2D eigenvalue weighted by molar-refractivity contribution is 7.12. The van der Waals surface area contributed by atoms with Crippen LogP contribution >= 0.6 is 11.3 Å². The van der Waals surface area contributed by atoms with E-state index in [9.17, 15) is 20.2 Å². The van der Waals surface area contributed by atoms with Gasteiger partial charge in [-0.3, -0.25) is 14.9 Å². The van der Waals surface area contributed by atoms with Gasteiger partial charge in [-0.05, 0) is 41.6 Å². The fraction of sp³-hybridized carbons (Fsp3) is 0.125. The molecule has 1 aromatic heterocycles. The number of nitrogens with zero attached hydrogens (tertiary/aromatic N) is 2. The predicted octanol–water partition coefficient (Wildman–Crippen LogP) is 3.80. The zero-order valence-electron chi connectivity index (χ0n) is 12.5. The van der Waals surface area contributed by atoms with Gasteiger partial charge in [0.1, 0.15) is 17.3 Å². The first kappa shape index (κ1) is 16.4. The van der Waals surface area contributed by atoms with Gasteiger partial charge in [-0.2, -0.15) is 5.26 Å². The van der Waals surface area contributed by atoms with Gasteiger partial charge in [0.2, 0.25) is 5.78 Å². The number of nitrogens with one attached hydrogen (secondary N) is 1. The third-order valence-corrected chi connectivity index (χ3v) is 4.25. The number of hydrogen-bond acceptors (Lipinski definition) is 6. The molecule has 0 aliphatic rings. The minimum Gasteiger partial charge on any atom is -0.383 e. The standard InChI is InChI=1S/C16H13N3O3S/c1-10-5-6-23-16(10)15(20)12(9-17)7-11-3-4-13(18-2)14(8-11)19(21)22/h3-8,18H,1-2H3. The number of carbonyl (C=O) groups is 1. The number of rotatable bonds is 5. The number of nitriles is 1. The molecule has 0 spiro atoms. The minimum absolute atomic E-state index is 0.0537. The second kappa shape index (κ2) is 6.85. The number of Topliss-reactive ketones (excluding diaryl/α,β-unsaturated/α-hetero) is 1. The van der Waals surface area contributed by atoms with E-state index in [-0.39, 0.29) is 17.0 Å². The third kappa shape index (κ3) is 3.44. The van der Waals surface area contributed by atoms with E-state index in [4.69, 9.17) is 0 Å². The molecule has 7 heteroatoms. The van der Waals surface area contributed by atoms with E-state index < -0.39 is 4.92 Å². The molecule has 116 valence electrons. The molecule has 0 fully saturated rings. The van der Waals surface area contributed by atoms with Crippen LogP contribution < -0.4 is 5.32 Å². The van der Waals surface area contributed by atoms with E-state index in [0.29, 0.717) is 16.1 Å². The molecule has 2 rings (SSSR count). The second-order valence-corrected chi connectivity index (χ2v) is 5.63. The Labute approximate surface area is 136 Å². The van der Waals surface area contributed by atoms with Crippen molar-refractivity contribution in [1.82, 2.24) is 0 Å². The van der Waals surface area contributed by atoms with E-state index in [1.165, 1.54) is 23.5 Å². The van der Waals surface area contributed by atoms with Crippen LogP contribution in [0.2, 0.25) is 0 Å². The Morgan fingerprint density at radius 2 is 2.17 bits per heavy atom. The highest BCUT2D eigenvalue weighted by Gasteiger charge is 2.17. The Morgan fingerprint density at radius 1 is 1.43 bits per heavy atom. The lowest BCUT2D eigenvalue weighted by atomic mass is 10.0. The predicted molar refractivity (Wildman–Crippen MR) is 89.6 cm³/mol. The van der Waals surface area contributed by atoms with Crippen LogP contribution in [0.1, 0.15) is 20.8 Å². The maximum absolute atomic E-state index is 12.4. The van der Waals surface area contributed by atoms with Crippen molar-refractivity contribution in [3.63, 3.8) is 0 Å². The summed E-state index contributed by atoms with van der Waals surface area (Å²) in [6.07, 6.45) is 1.37. The second-order valence-electron chi connectivity index (χ2n) is 4.72. The van der Waals surface area contributed by atoms with E-state index in [1.807, 2.05) is 6.07 Å². The van der Waals surface area contributed by atoms with Crippen molar-refractivity contribution in [3.8, 4) is 6.07 Å². The topological polar surface area (TPSA) is 96.0 Å². The lowest BCUT2D eigenvalue weighted by Gasteiger charge is -2.03. The number of allylic oxidation sites excluding steroid dienone is 1. The lowest BCUT2D eigenvalue weighted by Crippen LogP contribution is -2.01. The first-order valence-corrected chi connectivity index (χ1v) is 7.52. The normalized spacial score (nSPS) is 10.9. The quantitative estimate of drug-likeness (QED) is 0.296. The fourth-order valence-corrected chi connectivity index (χ4v) is 2.92. The lowest BCUT2D eigenvalue weighted by molar-refractivity contribution is -0.383. The van der Waals surface area contributed by atoms with E-state index in [2.05, 4.69) is 5.32 Å². The van der Waals surface area contributed by atoms with E-state index in [0.717, 1.165) is 5.56 Å². The number of anilines is 1. The van der Waals surface area contributed by atoms with Crippen LogP contribution in [0.3, 0.4) is 0 Å². The average Bonchev–Trinajstić information content (AvgIpc) is 2.97. The molecule has 6 nitrogen and oxygen atoms in total. The van der Waals surface area contributed by atoms with Crippen molar-refractivity contribution in [3.05, 3.63) is 61.3 Å². The number of benzene rings is 1. The zero-order chi connectivity index (χ0) is 17.0. The Balaban J connectivity index is 2.45. The Kier molecular flexibility index (Phi) is 4.88. The Morgan fingerprint density at radius 3 is 2.70 bits per heavy atom. The molecule has 0 bridgehead atoms. The number of hydrogen-bond donors (Lipinski definition) is 1. The van der Waals surface area contributed by atoms with Crippen LogP contribution in [-0.4, -0.2) is 17.8 Å². The van der Waals surface area contributed by atoms with E-state index in [1.54, 1.807) is 37.6 Å². The van der Waals surface area contributed by atoms with Crippen LogP contribution in [0, 0.1) is 28.4 Å². The molecule has 0 saturated carbocycles.